The Bertz CT molecular complexity index is 460. The molecule has 1 aromatic rings. The number of rotatable bonds is 8. The van der Waals surface area contributed by atoms with Crippen LogP contribution in [-0.4, -0.2) is 30.6 Å². The van der Waals surface area contributed by atoms with Gasteiger partial charge in [0.15, 0.2) is 0 Å². The van der Waals surface area contributed by atoms with Crippen LogP contribution in [0.25, 0.3) is 0 Å². The van der Waals surface area contributed by atoms with Gasteiger partial charge in [-0.25, -0.2) is 0 Å². The summed E-state index contributed by atoms with van der Waals surface area (Å²) in [6.45, 7) is 7.57. The zero-order valence-corrected chi connectivity index (χ0v) is 12.5. The summed E-state index contributed by atoms with van der Waals surface area (Å²) in [5.74, 6) is 1.52. The van der Waals surface area contributed by atoms with Crippen molar-refractivity contribution in [2.75, 3.05) is 19.7 Å². The zero-order valence-electron chi connectivity index (χ0n) is 12.5. The first-order valence-corrected chi connectivity index (χ1v) is 7.56. The van der Waals surface area contributed by atoms with E-state index in [4.69, 9.17) is 10.00 Å². The van der Waals surface area contributed by atoms with E-state index in [0.717, 1.165) is 37.3 Å². The Balaban J connectivity index is 1.71. The summed E-state index contributed by atoms with van der Waals surface area (Å²) >= 11 is 0. The summed E-state index contributed by atoms with van der Waals surface area (Å²) in [5.41, 5.74) is 0.655. The third kappa shape index (κ3) is 4.86. The first-order chi connectivity index (χ1) is 9.69. The average Bonchev–Trinajstić information content (AvgIpc) is 3.26. The smallest absolute Gasteiger partial charge is 0.120 e. The molecule has 0 heterocycles. The van der Waals surface area contributed by atoms with Crippen molar-refractivity contribution in [1.29, 1.82) is 5.26 Å². The van der Waals surface area contributed by atoms with Crippen molar-refractivity contribution in [2.45, 2.75) is 39.2 Å². The summed E-state index contributed by atoms with van der Waals surface area (Å²) < 4.78 is 5.73. The second-order valence-corrected chi connectivity index (χ2v) is 5.96. The maximum Gasteiger partial charge on any atom is 0.120 e. The molecule has 1 saturated carbocycles. The second kappa shape index (κ2) is 7.31. The van der Waals surface area contributed by atoms with Crippen LogP contribution in [0.15, 0.2) is 24.3 Å². The molecule has 0 N–H and O–H groups in total. The fourth-order valence-electron chi connectivity index (χ4n) is 2.44. The Morgan fingerprint density at radius 3 is 2.85 bits per heavy atom. The molecule has 0 atom stereocenters. The fourth-order valence-corrected chi connectivity index (χ4v) is 2.44. The van der Waals surface area contributed by atoms with E-state index in [9.17, 15) is 0 Å². The van der Waals surface area contributed by atoms with Gasteiger partial charge in [-0.05, 0) is 43.4 Å². The van der Waals surface area contributed by atoms with E-state index in [2.05, 4.69) is 24.8 Å². The summed E-state index contributed by atoms with van der Waals surface area (Å²) in [7, 11) is 0. The van der Waals surface area contributed by atoms with Crippen LogP contribution in [0.2, 0.25) is 0 Å². The Labute approximate surface area is 122 Å². The van der Waals surface area contributed by atoms with E-state index in [0.29, 0.717) is 5.56 Å². The van der Waals surface area contributed by atoms with Gasteiger partial charge in [-0.1, -0.05) is 19.9 Å². The molecule has 0 aromatic heterocycles. The van der Waals surface area contributed by atoms with Crippen LogP contribution in [0, 0.1) is 17.2 Å². The number of benzene rings is 1. The van der Waals surface area contributed by atoms with E-state index < -0.39 is 0 Å². The van der Waals surface area contributed by atoms with Gasteiger partial charge >= 0.3 is 0 Å². The van der Waals surface area contributed by atoms with E-state index in [1.807, 2.05) is 12.1 Å². The lowest BCUT2D eigenvalue weighted by Gasteiger charge is -2.23. The summed E-state index contributed by atoms with van der Waals surface area (Å²) in [5, 5.41) is 8.85. The van der Waals surface area contributed by atoms with Crippen molar-refractivity contribution in [3.05, 3.63) is 29.8 Å². The fraction of sp³-hybridized carbons (Fsp3) is 0.588. The highest BCUT2D eigenvalue weighted by molar-refractivity contribution is 5.36. The average molecular weight is 272 g/mol. The molecule has 0 saturated heterocycles. The number of nitrogens with zero attached hydrogens (tertiary/aromatic N) is 2. The predicted molar refractivity (Wildman–Crippen MR) is 80.7 cm³/mol. The normalized spacial score (nSPS) is 14.6. The molecule has 1 aliphatic carbocycles. The van der Waals surface area contributed by atoms with Crippen LogP contribution in [-0.2, 0) is 0 Å². The molecule has 3 heteroatoms. The lowest BCUT2D eigenvalue weighted by Crippen LogP contribution is -2.31. The van der Waals surface area contributed by atoms with Crippen LogP contribution in [0.5, 0.6) is 5.75 Å². The molecular formula is C17H24N2O. The molecule has 3 nitrogen and oxygen atoms in total. The highest BCUT2D eigenvalue weighted by atomic mass is 16.5. The minimum Gasteiger partial charge on any atom is -0.494 e. The number of hydrogen-bond acceptors (Lipinski definition) is 3. The molecule has 0 bridgehead atoms. The first kappa shape index (κ1) is 14.9. The third-order valence-corrected chi connectivity index (χ3v) is 3.48. The van der Waals surface area contributed by atoms with Gasteiger partial charge in [0.1, 0.15) is 5.75 Å². The molecule has 0 unspecified atom stereocenters. The maximum atomic E-state index is 8.85. The van der Waals surface area contributed by atoms with Gasteiger partial charge in [-0.2, -0.15) is 5.26 Å². The van der Waals surface area contributed by atoms with Crippen LogP contribution in [0.1, 0.15) is 38.7 Å². The molecule has 20 heavy (non-hydrogen) atoms. The molecule has 1 fully saturated rings. The Morgan fingerprint density at radius 1 is 1.40 bits per heavy atom. The zero-order chi connectivity index (χ0) is 14.4. The molecule has 1 aromatic carbocycles. The van der Waals surface area contributed by atoms with Gasteiger partial charge in [0.25, 0.3) is 0 Å². The monoisotopic (exact) mass is 272 g/mol. The first-order valence-electron chi connectivity index (χ1n) is 7.56. The number of nitriles is 1. The van der Waals surface area contributed by atoms with Crippen molar-refractivity contribution >= 4 is 0 Å². The minimum atomic E-state index is 0.655. The van der Waals surface area contributed by atoms with Gasteiger partial charge < -0.3 is 9.64 Å². The molecule has 0 amide bonds. The van der Waals surface area contributed by atoms with E-state index in [1.54, 1.807) is 12.1 Å². The molecule has 0 spiro atoms. The molecule has 108 valence electrons. The Morgan fingerprint density at radius 2 is 2.20 bits per heavy atom. The molecule has 0 radical (unpaired) electrons. The minimum absolute atomic E-state index is 0.655. The van der Waals surface area contributed by atoms with Gasteiger partial charge in [-0.15, -0.1) is 0 Å². The van der Waals surface area contributed by atoms with Crippen molar-refractivity contribution in [3.8, 4) is 11.8 Å². The standard InChI is InChI=1S/C17H24N2O/c1-14(2)13-19(16-7-8-16)9-4-10-20-17-6-3-5-15(11-17)12-18/h3,5-6,11,14,16H,4,7-10,13H2,1-2H3. The van der Waals surface area contributed by atoms with Crippen molar-refractivity contribution in [1.82, 2.24) is 4.90 Å². The van der Waals surface area contributed by atoms with E-state index >= 15 is 0 Å². The second-order valence-electron chi connectivity index (χ2n) is 5.96. The highest BCUT2D eigenvalue weighted by Crippen LogP contribution is 2.27. The largest absolute Gasteiger partial charge is 0.494 e. The predicted octanol–water partition coefficient (Wildman–Crippen LogP) is 3.45. The van der Waals surface area contributed by atoms with Crippen molar-refractivity contribution in [2.24, 2.45) is 5.92 Å². The molecular weight excluding hydrogens is 248 g/mol. The van der Waals surface area contributed by atoms with Gasteiger partial charge in [0.2, 0.25) is 0 Å². The van der Waals surface area contributed by atoms with Gasteiger partial charge in [0, 0.05) is 19.1 Å². The van der Waals surface area contributed by atoms with E-state index in [-0.39, 0.29) is 0 Å². The summed E-state index contributed by atoms with van der Waals surface area (Å²) in [4.78, 5) is 2.60. The number of hydrogen-bond donors (Lipinski definition) is 0. The van der Waals surface area contributed by atoms with E-state index in [1.165, 1.54) is 19.4 Å². The lowest BCUT2D eigenvalue weighted by atomic mass is 10.2. The number of ether oxygens (including phenoxy) is 1. The highest BCUT2D eigenvalue weighted by Gasteiger charge is 2.28. The molecule has 2 rings (SSSR count). The SMILES string of the molecule is CC(C)CN(CCCOc1cccc(C#N)c1)C1CC1. The third-order valence-electron chi connectivity index (χ3n) is 3.48. The molecule has 0 aliphatic heterocycles. The summed E-state index contributed by atoms with van der Waals surface area (Å²) in [6, 6.07) is 10.3. The van der Waals surface area contributed by atoms with Crippen LogP contribution < -0.4 is 4.74 Å². The molecule has 1 aliphatic rings. The van der Waals surface area contributed by atoms with Gasteiger partial charge in [-0.3, -0.25) is 0 Å². The Hall–Kier alpha value is -1.53. The van der Waals surface area contributed by atoms with Gasteiger partial charge in [0.05, 0.1) is 18.2 Å². The maximum absolute atomic E-state index is 8.85. The topological polar surface area (TPSA) is 36.3 Å². The van der Waals surface area contributed by atoms with Crippen LogP contribution in [0.3, 0.4) is 0 Å². The van der Waals surface area contributed by atoms with Crippen LogP contribution in [0.4, 0.5) is 0 Å². The van der Waals surface area contributed by atoms with Crippen molar-refractivity contribution < 1.29 is 4.74 Å². The van der Waals surface area contributed by atoms with Crippen molar-refractivity contribution in [3.63, 3.8) is 0 Å². The Kier molecular flexibility index (Phi) is 5.43. The quantitative estimate of drug-likeness (QED) is 0.680. The lowest BCUT2D eigenvalue weighted by molar-refractivity contribution is 0.208. The summed E-state index contributed by atoms with van der Waals surface area (Å²) in [6.07, 6.45) is 3.76. The van der Waals surface area contributed by atoms with Crippen LogP contribution >= 0.6 is 0 Å².